The molecule has 7 nitrogen and oxygen atoms in total. The Balaban J connectivity index is 1.47. The monoisotopic (exact) mass is 511 g/mol. The van der Waals surface area contributed by atoms with Crippen LogP contribution in [0.2, 0.25) is 10.0 Å². The van der Waals surface area contributed by atoms with Crippen molar-refractivity contribution in [3.63, 3.8) is 0 Å². The number of methoxy groups -OCH3 is 3. The van der Waals surface area contributed by atoms with Crippen molar-refractivity contribution in [3.8, 4) is 39.8 Å². The Labute approximate surface area is 212 Å². The van der Waals surface area contributed by atoms with Gasteiger partial charge in [0.05, 0.1) is 49.8 Å². The van der Waals surface area contributed by atoms with E-state index in [1.165, 1.54) is 0 Å². The van der Waals surface area contributed by atoms with Gasteiger partial charge in [-0.3, -0.25) is 9.89 Å². The van der Waals surface area contributed by atoms with E-state index < -0.39 is 0 Å². The molecule has 3 aromatic carbocycles. The number of H-pyrrole nitrogens is 1. The number of halogens is 2. The molecule has 1 amide bonds. The van der Waals surface area contributed by atoms with E-state index in [1.807, 2.05) is 24.3 Å². The first-order valence-electron chi connectivity index (χ1n) is 10.6. The van der Waals surface area contributed by atoms with Crippen LogP contribution in [0.1, 0.15) is 15.9 Å². The molecule has 0 aliphatic heterocycles. The second-order valence-corrected chi connectivity index (χ2v) is 8.41. The zero-order valence-corrected chi connectivity index (χ0v) is 20.8. The topological polar surface area (TPSA) is 85.5 Å². The van der Waals surface area contributed by atoms with Gasteiger partial charge in [-0.05, 0) is 36.4 Å². The lowest BCUT2D eigenvalue weighted by Crippen LogP contribution is -2.23. The Morgan fingerprint density at radius 1 is 0.914 bits per heavy atom. The summed E-state index contributed by atoms with van der Waals surface area (Å²) in [4.78, 5) is 12.8. The minimum absolute atomic E-state index is 0.224. The van der Waals surface area contributed by atoms with Crippen LogP contribution in [0.4, 0.5) is 0 Å². The van der Waals surface area contributed by atoms with Crippen molar-refractivity contribution < 1.29 is 19.0 Å². The predicted molar refractivity (Wildman–Crippen MR) is 137 cm³/mol. The molecule has 180 valence electrons. The maximum atomic E-state index is 12.8. The van der Waals surface area contributed by atoms with Gasteiger partial charge in [0.15, 0.2) is 0 Å². The zero-order chi connectivity index (χ0) is 24.9. The van der Waals surface area contributed by atoms with Gasteiger partial charge in [0.1, 0.15) is 17.2 Å². The minimum atomic E-state index is -0.230. The number of benzene rings is 3. The fourth-order valence-electron chi connectivity index (χ4n) is 3.63. The summed E-state index contributed by atoms with van der Waals surface area (Å²) in [6.45, 7) is 0.224. The lowest BCUT2D eigenvalue weighted by atomic mass is 10.1. The van der Waals surface area contributed by atoms with Gasteiger partial charge in [0.2, 0.25) is 0 Å². The third kappa shape index (κ3) is 5.37. The molecule has 0 saturated heterocycles. The quantitative estimate of drug-likeness (QED) is 0.302. The van der Waals surface area contributed by atoms with Crippen LogP contribution in [0.5, 0.6) is 17.2 Å². The molecule has 0 radical (unpaired) electrons. The maximum absolute atomic E-state index is 12.8. The van der Waals surface area contributed by atoms with Crippen molar-refractivity contribution >= 4 is 29.1 Å². The molecule has 1 heterocycles. The second-order valence-electron chi connectivity index (χ2n) is 7.56. The van der Waals surface area contributed by atoms with Crippen LogP contribution < -0.4 is 19.5 Å². The molecule has 9 heteroatoms. The summed E-state index contributed by atoms with van der Waals surface area (Å²) in [5, 5.41) is 11.4. The molecule has 0 spiro atoms. The number of carbonyl (C=O) groups excluding carboxylic acids is 1. The Hall–Kier alpha value is -3.68. The first-order valence-corrected chi connectivity index (χ1v) is 11.4. The highest BCUT2D eigenvalue weighted by Crippen LogP contribution is 2.34. The lowest BCUT2D eigenvalue weighted by Gasteiger charge is -2.15. The van der Waals surface area contributed by atoms with E-state index >= 15 is 0 Å². The summed E-state index contributed by atoms with van der Waals surface area (Å²) >= 11 is 12.3. The molecular formula is C26H23Cl2N3O4. The van der Waals surface area contributed by atoms with Gasteiger partial charge in [-0.15, -0.1) is 0 Å². The van der Waals surface area contributed by atoms with Crippen LogP contribution in [0.25, 0.3) is 22.5 Å². The van der Waals surface area contributed by atoms with Gasteiger partial charge in [-0.25, -0.2) is 0 Å². The second kappa shape index (κ2) is 10.7. The smallest absolute Gasteiger partial charge is 0.251 e. The molecule has 0 unspecified atom stereocenters. The van der Waals surface area contributed by atoms with Crippen LogP contribution in [-0.4, -0.2) is 37.4 Å². The molecule has 0 bridgehead atoms. The first kappa shape index (κ1) is 24.4. The first-order chi connectivity index (χ1) is 16.9. The van der Waals surface area contributed by atoms with Crippen LogP contribution in [0.15, 0.2) is 60.7 Å². The number of nitrogens with one attached hydrogen (secondary N) is 2. The predicted octanol–water partition coefficient (Wildman–Crippen LogP) is 6.01. The number of nitrogens with zero attached hydrogens (tertiary/aromatic N) is 1. The number of ether oxygens (including phenoxy) is 3. The normalized spacial score (nSPS) is 10.7. The number of aromatic nitrogens is 2. The fraction of sp³-hybridized carbons (Fsp3) is 0.154. The SMILES string of the molecule is COc1cc(OC)c(CNC(=O)c2ccc(-c3cc(-c4ccc(Cl)cc4Cl)[nH]n3)cc2)c(OC)c1. The van der Waals surface area contributed by atoms with Crippen LogP contribution in [-0.2, 0) is 6.54 Å². The van der Waals surface area contributed by atoms with Gasteiger partial charge in [0.25, 0.3) is 5.91 Å². The number of hydrogen-bond donors (Lipinski definition) is 2. The molecule has 2 N–H and O–H groups in total. The highest BCUT2D eigenvalue weighted by molar-refractivity contribution is 6.36. The van der Waals surface area contributed by atoms with E-state index in [1.54, 1.807) is 57.7 Å². The van der Waals surface area contributed by atoms with E-state index in [2.05, 4.69) is 15.5 Å². The summed E-state index contributed by atoms with van der Waals surface area (Å²) in [6.07, 6.45) is 0. The summed E-state index contributed by atoms with van der Waals surface area (Å²) in [7, 11) is 4.68. The van der Waals surface area contributed by atoms with E-state index in [-0.39, 0.29) is 12.5 Å². The van der Waals surface area contributed by atoms with E-state index in [0.717, 1.165) is 22.5 Å². The Morgan fingerprint density at radius 2 is 1.60 bits per heavy atom. The Morgan fingerprint density at radius 3 is 2.20 bits per heavy atom. The molecule has 0 aliphatic carbocycles. The van der Waals surface area contributed by atoms with Crippen LogP contribution >= 0.6 is 23.2 Å². The van der Waals surface area contributed by atoms with Crippen molar-refractivity contribution in [3.05, 3.63) is 81.8 Å². The Kier molecular flexibility index (Phi) is 7.48. The molecular weight excluding hydrogens is 489 g/mol. The molecule has 0 saturated carbocycles. The summed E-state index contributed by atoms with van der Waals surface area (Å²) in [5.41, 5.74) is 4.38. The maximum Gasteiger partial charge on any atom is 0.251 e. The third-order valence-electron chi connectivity index (χ3n) is 5.48. The van der Waals surface area contributed by atoms with Gasteiger partial charge < -0.3 is 19.5 Å². The number of carbonyl (C=O) groups is 1. The molecule has 35 heavy (non-hydrogen) atoms. The molecule has 4 aromatic rings. The number of amides is 1. The zero-order valence-electron chi connectivity index (χ0n) is 19.3. The van der Waals surface area contributed by atoms with Gasteiger partial charge in [-0.1, -0.05) is 35.3 Å². The molecule has 1 aromatic heterocycles. The minimum Gasteiger partial charge on any atom is -0.496 e. The largest absolute Gasteiger partial charge is 0.496 e. The highest BCUT2D eigenvalue weighted by Gasteiger charge is 2.15. The third-order valence-corrected chi connectivity index (χ3v) is 6.03. The van der Waals surface area contributed by atoms with E-state index in [4.69, 9.17) is 37.4 Å². The van der Waals surface area contributed by atoms with E-state index in [9.17, 15) is 4.79 Å². The van der Waals surface area contributed by atoms with Gasteiger partial charge in [-0.2, -0.15) is 5.10 Å². The van der Waals surface area contributed by atoms with Crippen molar-refractivity contribution in [1.29, 1.82) is 0 Å². The number of rotatable bonds is 8. The van der Waals surface area contributed by atoms with Gasteiger partial charge >= 0.3 is 0 Å². The summed E-state index contributed by atoms with van der Waals surface area (Å²) < 4.78 is 16.2. The van der Waals surface area contributed by atoms with Crippen molar-refractivity contribution in [2.45, 2.75) is 6.54 Å². The summed E-state index contributed by atoms with van der Waals surface area (Å²) in [6, 6.07) is 17.8. The lowest BCUT2D eigenvalue weighted by molar-refractivity contribution is 0.0950. The molecule has 0 atom stereocenters. The summed E-state index contributed by atoms with van der Waals surface area (Å²) in [5.74, 6) is 1.50. The molecule has 4 rings (SSSR count). The average Bonchev–Trinajstić information content (AvgIpc) is 3.36. The van der Waals surface area contributed by atoms with Crippen molar-refractivity contribution in [2.75, 3.05) is 21.3 Å². The average molecular weight is 512 g/mol. The molecule has 0 fully saturated rings. The molecule has 0 aliphatic rings. The number of hydrogen-bond acceptors (Lipinski definition) is 5. The fourth-order valence-corrected chi connectivity index (χ4v) is 4.14. The van der Waals surface area contributed by atoms with Crippen molar-refractivity contribution in [1.82, 2.24) is 15.5 Å². The Bertz CT molecular complexity index is 1330. The standard InChI is InChI=1S/C26H23Cl2N3O4/c1-33-18-11-24(34-2)20(25(12-18)35-3)14-29-26(32)16-6-4-15(5-7-16)22-13-23(31-30-22)19-9-8-17(27)10-21(19)28/h4-13H,14H2,1-3H3,(H,29,32)(H,30,31). The van der Waals surface area contributed by atoms with Crippen LogP contribution in [0, 0.1) is 0 Å². The number of aromatic amines is 1. The highest BCUT2D eigenvalue weighted by atomic mass is 35.5. The van der Waals surface area contributed by atoms with Crippen molar-refractivity contribution in [2.24, 2.45) is 0 Å². The van der Waals surface area contributed by atoms with Crippen LogP contribution in [0.3, 0.4) is 0 Å². The van der Waals surface area contributed by atoms with E-state index in [0.29, 0.717) is 38.4 Å². The van der Waals surface area contributed by atoms with Gasteiger partial charge in [0, 0.05) is 33.8 Å².